The summed E-state index contributed by atoms with van der Waals surface area (Å²) in [6.07, 6.45) is 6.48. The molecule has 2 aliphatic rings. The van der Waals surface area contributed by atoms with Crippen molar-refractivity contribution in [1.82, 2.24) is 0 Å². The lowest BCUT2D eigenvalue weighted by molar-refractivity contribution is -0.126. The zero-order chi connectivity index (χ0) is 29.0. The van der Waals surface area contributed by atoms with Crippen molar-refractivity contribution in [2.45, 2.75) is 47.1 Å². The van der Waals surface area contributed by atoms with Crippen molar-refractivity contribution < 1.29 is 28.6 Å². The van der Waals surface area contributed by atoms with E-state index in [1.165, 1.54) is 7.11 Å². The Bertz CT molecular complexity index is 1470. The fraction of sp³-hybridized carbons (Fsp3) is 0.303. The topological polar surface area (TPSA) is 78.9 Å². The van der Waals surface area contributed by atoms with E-state index in [1.807, 2.05) is 39.8 Å². The quantitative estimate of drug-likeness (QED) is 0.195. The predicted molar refractivity (Wildman–Crippen MR) is 158 cm³/mol. The molecular formula is C33H33BrO6. The lowest BCUT2D eigenvalue weighted by Crippen LogP contribution is -2.39. The molecule has 0 N–H and O–H groups in total. The molecule has 0 spiro atoms. The molecule has 6 nitrogen and oxygen atoms in total. The van der Waals surface area contributed by atoms with Crippen molar-refractivity contribution in [3.8, 4) is 5.75 Å². The number of hydrogen-bond acceptors (Lipinski definition) is 6. The van der Waals surface area contributed by atoms with E-state index in [0.29, 0.717) is 35.3 Å². The highest BCUT2D eigenvalue weighted by Crippen LogP contribution is 2.46. The first-order valence-corrected chi connectivity index (χ1v) is 13.9. The van der Waals surface area contributed by atoms with Crippen LogP contribution in [0.4, 0.5) is 0 Å². The van der Waals surface area contributed by atoms with Gasteiger partial charge in [0.15, 0.2) is 11.6 Å². The van der Waals surface area contributed by atoms with E-state index in [-0.39, 0.29) is 30.3 Å². The molecule has 1 aliphatic carbocycles. The van der Waals surface area contributed by atoms with Crippen LogP contribution in [0, 0.1) is 5.41 Å². The normalized spacial score (nSPS) is 22.1. The first-order valence-electron chi connectivity index (χ1n) is 13.1. The van der Waals surface area contributed by atoms with Crippen molar-refractivity contribution in [3.05, 3.63) is 104 Å². The Morgan fingerprint density at radius 1 is 1.10 bits per heavy atom. The van der Waals surface area contributed by atoms with Gasteiger partial charge in [0.25, 0.3) is 0 Å². The van der Waals surface area contributed by atoms with Crippen LogP contribution in [-0.2, 0) is 25.7 Å². The maximum atomic E-state index is 14.4. The van der Waals surface area contributed by atoms with Gasteiger partial charge in [-0.1, -0.05) is 51.4 Å². The van der Waals surface area contributed by atoms with Gasteiger partial charge in [0.05, 0.1) is 23.7 Å². The fourth-order valence-corrected chi connectivity index (χ4v) is 5.20. The number of fused-ring (bicyclic) bond motifs is 3. The lowest BCUT2D eigenvalue weighted by atomic mass is 9.65. The highest BCUT2D eigenvalue weighted by atomic mass is 79.9. The second-order valence-corrected chi connectivity index (χ2v) is 11.3. The van der Waals surface area contributed by atoms with Crippen molar-refractivity contribution in [3.63, 3.8) is 0 Å². The third-order valence-electron chi connectivity index (χ3n) is 7.33. The van der Waals surface area contributed by atoms with Crippen LogP contribution >= 0.6 is 15.9 Å². The summed E-state index contributed by atoms with van der Waals surface area (Å²) >= 11 is 3.37. The molecule has 0 radical (unpaired) electrons. The summed E-state index contributed by atoms with van der Waals surface area (Å²) in [5.74, 6) is -0.662. The van der Waals surface area contributed by atoms with E-state index in [9.17, 15) is 14.4 Å². The average Bonchev–Trinajstić information content (AvgIpc) is 2.93. The number of Topliss-reactive ketones (excluding diaryl/α,β-unsaturated/α-hetero) is 1. The smallest absolute Gasteiger partial charge is 0.338 e. The molecule has 1 heterocycles. The number of ether oxygens (including phenoxy) is 3. The summed E-state index contributed by atoms with van der Waals surface area (Å²) in [4.78, 5) is 40.7. The molecule has 0 aromatic heterocycles. The molecule has 7 heteroatoms. The largest absolute Gasteiger partial charge is 0.495 e. The van der Waals surface area contributed by atoms with Crippen molar-refractivity contribution >= 4 is 39.2 Å². The van der Waals surface area contributed by atoms with Gasteiger partial charge in [-0.25, -0.2) is 4.79 Å². The van der Waals surface area contributed by atoms with Crippen LogP contribution in [0.15, 0.2) is 87.5 Å². The minimum Gasteiger partial charge on any atom is -0.495 e. The number of esters is 1. The predicted octanol–water partition coefficient (Wildman–Crippen LogP) is 7.33. The number of carbonyl (C=O) groups excluding carboxylic acids is 3. The van der Waals surface area contributed by atoms with Crippen LogP contribution in [0.3, 0.4) is 0 Å². The third kappa shape index (κ3) is 5.89. The van der Waals surface area contributed by atoms with Gasteiger partial charge in [0, 0.05) is 10.0 Å². The zero-order valence-electron chi connectivity index (χ0n) is 23.4. The Hall–Kier alpha value is -3.71. The van der Waals surface area contributed by atoms with Gasteiger partial charge >= 0.3 is 5.97 Å². The summed E-state index contributed by atoms with van der Waals surface area (Å²) in [5.41, 5.74) is 3.17. The van der Waals surface area contributed by atoms with E-state index in [1.54, 1.807) is 48.5 Å². The summed E-state index contributed by atoms with van der Waals surface area (Å²) in [6, 6.07) is 12.2. The van der Waals surface area contributed by atoms with Crippen molar-refractivity contribution in [2.24, 2.45) is 5.41 Å². The second-order valence-electron chi connectivity index (χ2n) is 10.4. The number of ketones is 2. The number of benzene rings is 2. The number of halogens is 1. The molecule has 0 unspecified atom stereocenters. The monoisotopic (exact) mass is 604 g/mol. The molecule has 1 atom stereocenters. The summed E-state index contributed by atoms with van der Waals surface area (Å²) in [6.45, 7) is 7.95. The SMILES string of the molecule is CO/C1=C2\C(=O)C=C(C)[C@](CC=C(C)C)(C/C=C(\C)COc3cccc(COC(=O)c4ccc(Br)cc4)c31)C2=O. The number of allylic oxidation sites excluding steroid dienone is 6. The van der Waals surface area contributed by atoms with E-state index in [0.717, 1.165) is 21.2 Å². The van der Waals surface area contributed by atoms with E-state index in [2.05, 4.69) is 15.9 Å². The molecule has 0 amide bonds. The van der Waals surface area contributed by atoms with Gasteiger partial charge in [-0.15, -0.1) is 0 Å². The molecule has 2 bridgehead atoms. The molecule has 2 aromatic carbocycles. The molecule has 40 heavy (non-hydrogen) atoms. The van der Waals surface area contributed by atoms with Crippen LogP contribution in [0.2, 0.25) is 0 Å². The molecule has 4 rings (SSSR count). The van der Waals surface area contributed by atoms with Crippen molar-refractivity contribution in [1.29, 1.82) is 0 Å². The molecular weight excluding hydrogens is 572 g/mol. The maximum Gasteiger partial charge on any atom is 0.338 e. The van der Waals surface area contributed by atoms with Crippen molar-refractivity contribution in [2.75, 3.05) is 13.7 Å². The van der Waals surface area contributed by atoms with Gasteiger partial charge in [0.1, 0.15) is 30.3 Å². The average molecular weight is 606 g/mol. The Morgan fingerprint density at radius 3 is 2.50 bits per heavy atom. The molecule has 0 saturated heterocycles. The molecule has 2 aromatic rings. The second kappa shape index (κ2) is 12.2. The molecule has 1 aliphatic heterocycles. The Balaban J connectivity index is 1.88. The number of carbonyl (C=O) groups is 3. The van der Waals surface area contributed by atoms with Gasteiger partial charge in [-0.2, -0.15) is 0 Å². The van der Waals surface area contributed by atoms with Gasteiger partial charge in [0.2, 0.25) is 0 Å². The minimum absolute atomic E-state index is 0.0280. The Morgan fingerprint density at radius 2 is 1.82 bits per heavy atom. The molecule has 0 saturated carbocycles. The standard InChI is InChI=1S/C33H33BrO6/c1-20(2)13-15-33-16-14-21(3)18-39-27-8-6-7-24(19-40-32(37)23-9-11-25(34)12-10-23)28(27)30(38-5)29(31(33)36)26(35)17-22(33)4/h6-14,17H,15-16,18-19H2,1-5H3/b21-14+,30-29+/t33-/m0/s1. The Kier molecular flexibility index (Phi) is 8.94. The molecule has 208 valence electrons. The maximum absolute atomic E-state index is 14.4. The van der Waals surface area contributed by atoms with E-state index in [4.69, 9.17) is 14.2 Å². The zero-order valence-corrected chi connectivity index (χ0v) is 25.0. The van der Waals surface area contributed by atoms with Crippen LogP contribution in [0.1, 0.15) is 62.0 Å². The van der Waals surface area contributed by atoms with E-state index >= 15 is 0 Å². The fourth-order valence-electron chi connectivity index (χ4n) is 4.94. The number of methoxy groups -OCH3 is 1. The van der Waals surface area contributed by atoms with Gasteiger partial charge in [-0.3, -0.25) is 9.59 Å². The Labute approximate surface area is 243 Å². The minimum atomic E-state index is -0.931. The highest BCUT2D eigenvalue weighted by Gasteiger charge is 2.47. The summed E-state index contributed by atoms with van der Waals surface area (Å²) in [7, 11) is 1.43. The van der Waals surface area contributed by atoms with E-state index < -0.39 is 17.2 Å². The van der Waals surface area contributed by atoms with Crippen LogP contribution in [0.25, 0.3) is 5.76 Å². The summed E-state index contributed by atoms with van der Waals surface area (Å²) < 4.78 is 18.6. The van der Waals surface area contributed by atoms with Gasteiger partial charge < -0.3 is 14.2 Å². The number of hydrogen-bond donors (Lipinski definition) is 0. The first kappa shape index (κ1) is 29.3. The highest BCUT2D eigenvalue weighted by molar-refractivity contribution is 9.10. The lowest BCUT2D eigenvalue weighted by Gasteiger charge is -2.36. The number of rotatable bonds is 6. The first-order chi connectivity index (χ1) is 19.1. The van der Waals surface area contributed by atoms with Crippen LogP contribution < -0.4 is 4.74 Å². The molecule has 0 fully saturated rings. The summed E-state index contributed by atoms with van der Waals surface area (Å²) in [5, 5.41) is 0. The van der Waals surface area contributed by atoms with Crippen LogP contribution in [0.5, 0.6) is 5.75 Å². The third-order valence-corrected chi connectivity index (χ3v) is 7.86. The van der Waals surface area contributed by atoms with Crippen LogP contribution in [-0.4, -0.2) is 31.3 Å². The van der Waals surface area contributed by atoms with Gasteiger partial charge in [-0.05, 0) is 82.5 Å².